The van der Waals surface area contributed by atoms with Crippen LogP contribution < -0.4 is 10.6 Å². The van der Waals surface area contributed by atoms with E-state index in [-0.39, 0.29) is 5.91 Å². The Kier molecular flexibility index (Phi) is 1.89. The number of benzene rings is 1. The van der Waals surface area contributed by atoms with Gasteiger partial charge in [0, 0.05) is 23.2 Å². The minimum atomic E-state index is 0.0381. The summed E-state index contributed by atoms with van der Waals surface area (Å²) in [6, 6.07) is 8.09. The number of anilines is 1. The van der Waals surface area contributed by atoms with Crippen molar-refractivity contribution in [2.45, 2.75) is 0 Å². The van der Waals surface area contributed by atoms with E-state index in [1.807, 2.05) is 18.2 Å². The summed E-state index contributed by atoms with van der Waals surface area (Å²) < 4.78 is 1.16. The first-order valence-corrected chi connectivity index (χ1v) is 5.71. The third-order valence-electron chi connectivity index (χ3n) is 2.51. The van der Waals surface area contributed by atoms with Crippen molar-refractivity contribution < 1.29 is 4.79 Å². The summed E-state index contributed by atoms with van der Waals surface area (Å²) in [4.78, 5) is 12.5. The molecule has 1 aliphatic heterocycles. The fraction of sp³-hybridized carbons (Fsp3) is 0.182. The molecule has 0 radical (unpaired) electrons. The van der Waals surface area contributed by atoms with Crippen molar-refractivity contribution in [3.8, 4) is 0 Å². The molecule has 0 atom stereocenters. The average Bonchev–Trinajstić information content (AvgIpc) is 2.54. The van der Waals surface area contributed by atoms with E-state index in [0.717, 1.165) is 27.2 Å². The van der Waals surface area contributed by atoms with E-state index in [4.69, 9.17) is 0 Å². The van der Waals surface area contributed by atoms with Crippen LogP contribution in [0.3, 0.4) is 0 Å². The number of hydrogen-bond donors (Lipinski definition) is 2. The maximum atomic E-state index is 11.7. The van der Waals surface area contributed by atoms with Gasteiger partial charge in [0.2, 0.25) is 0 Å². The Morgan fingerprint density at radius 3 is 2.87 bits per heavy atom. The number of fused-ring (bicyclic) bond motifs is 3. The van der Waals surface area contributed by atoms with Gasteiger partial charge in [-0.25, -0.2) is 0 Å². The molecule has 0 saturated carbocycles. The zero-order chi connectivity index (χ0) is 10.3. The highest BCUT2D eigenvalue weighted by molar-refractivity contribution is 7.21. The summed E-state index contributed by atoms with van der Waals surface area (Å²) in [6.07, 6.45) is 0. The zero-order valence-corrected chi connectivity index (χ0v) is 8.86. The predicted octanol–water partition coefficient (Wildman–Crippen LogP) is 2.06. The summed E-state index contributed by atoms with van der Waals surface area (Å²) in [5, 5.41) is 7.32. The van der Waals surface area contributed by atoms with Gasteiger partial charge in [0.1, 0.15) is 4.88 Å². The van der Waals surface area contributed by atoms with Crippen LogP contribution in [0.15, 0.2) is 24.3 Å². The number of rotatable bonds is 0. The van der Waals surface area contributed by atoms with Crippen LogP contribution >= 0.6 is 11.3 Å². The van der Waals surface area contributed by atoms with Gasteiger partial charge in [0.05, 0.1) is 5.69 Å². The molecule has 1 aromatic carbocycles. The third-order valence-corrected chi connectivity index (χ3v) is 3.68. The second-order valence-electron chi connectivity index (χ2n) is 3.49. The monoisotopic (exact) mass is 218 g/mol. The molecule has 1 amide bonds. The van der Waals surface area contributed by atoms with Crippen LogP contribution in [0.1, 0.15) is 9.67 Å². The smallest absolute Gasteiger partial charge is 0.263 e. The number of thiophene rings is 1. The van der Waals surface area contributed by atoms with Crippen molar-refractivity contribution in [3.05, 3.63) is 29.1 Å². The molecule has 0 fully saturated rings. The van der Waals surface area contributed by atoms with Crippen molar-refractivity contribution in [1.82, 2.24) is 5.32 Å². The highest BCUT2D eigenvalue weighted by atomic mass is 32.1. The second kappa shape index (κ2) is 3.24. The van der Waals surface area contributed by atoms with Crippen molar-refractivity contribution in [3.63, 3.8) is 0 Å². The average molecular weight is 218 g/mol. The Morgan fingerprint density at radius 1 is 1.13 bits per heavy atom. The lowest BCUT2D eigenvalue weighted by Gasteiger charge is -2.00. The normalized spacial score (nSPS) is 15.3. The number of carbonyl (C=O) groups excluding carboxylic acids is 1. The van der Waals surface area contributed by atoms with Crippen LogP contribution in [0.4, 0.5) is 5.69 Å². The maximum absolute atomic E-state index is 11.7. The first-order chi connectivity index (χ1) is 7.36. The molecule has 2 aromatic rings. The van der Waals surface area contributed by atoms with E-state index in [1.54, 1.807) is 11.3 Å². The van der Waals surface area contributed by atoms with E-state index in [1.165, 1.54) is 0 Å². The molecule has 1 aliphatic rings. The molecule has 4 heteroatoms. The van der Waals surface area contributed by atoms with Gasteiger partial charge in [-0.3, -0.25) is 4.79 Å². The van der Waals surface area contributed by atoms with Gasteiger partial charge in [-0.1, -0.05) is 18.2 Å². The Labute approximate surface area is 91.1 Å². The van der Waals surface area contributed by atoms with E-state index in [0.29, 0.717) is 6.54 Å². The van der Waals surface area contributed by atoms with Crippen molar-refractivity contribution in [2.75, 3.05) is 18.4 Å². The number of amides is 1. The van der Waals surface area contributed by atoms with E-state index >= 15 is 0 Å². The molecule has 3 rings (SSSR count). The molecule has 0 aliphatic carbocycles. The molecule has 1 aromatic heterocycles. The molecule has 2 heterocycles. The van der Waals surface area contributed by atoms with Gasteiger partial charge in [-0.05, 0) is 6.07 Å². The standard InChI is InChI=1S/C11H10N2OS/c14-11-10-9(12-5-6-13-11)7-3-1-2-4-8(7)15-10/h1-4,12H,5-6H2,(H,13,14). The Morgan fingerprint density at radius 2 is 1.93 bits per heavy atom. The molecule has 2 N–H and O–H groups in total. The van der Waals surface area contributed by atoms with Crippen molar-refractivity contribution in [2.24, 2.45) is 0 Å². The highest BCUT2D eigenvalue weighted by Gasteiger charge is 2.19. The number of nitrogens with one attached hydrogen (secondary N) is 2. The third kappa shape index (κ3) is 1.29. The van der Waals surface area contributed by atoms with Gasteiger partial charge in [-0.2, -0.15) is 0 Å². The minimum Gasteiger partial charge on any atom is -0.381 e. The van der Waals surface area contributed by atoms with E-state index in [2.05, 4.69) is 16.7 Å². The molecule has 3 nitrogen and oxygen atoms in total. The molecule has 0 unspecified atom stereocenters. The SMILES string of the molecule is O=C1NCCNc2c1sc1ccccc21. The molecule has 0 saturated heterocycles. The highest BCUT2D eigenvalue weighted by Crippen LogP contribution is 2.35. The number of carbonyl (C=O) groups is 1. The van der Waals surface area contributed by atoms with Crippen molar-refractivity contribution >= 4 is 33.0 Å². The molecule has 76 valence electrons. The Balaban J connectivity index is 2.30. The summed E-state index contributed by atoms with van der Waals surface area (Å²) >= 11 is 1.55. The summed E-state index contributed by atoms with van der Waals surface area (Å²) in [5.74, 6) is 0.0381. The lowest BCUT2D eigenvalue weighted by atomic mass is 10.2. The van der Waals surface area contributed by atoms with Crippen LogP contribution in [0, 0.1) is 0 Å². The minimum absolute atomic E-state index is 0.0381. The van der Waals surface area contributed by atoms with Gasteiger partial charge >= 0.3 is 0 Å². The largest absolute Gasteiger partial charge is 0.381 e. The van der Waals surface area contributed by atoms with Gasteiger partial charge in [0.25, 0.3) is 5.91 Å². The van der Waals surface area contributed by atoms with Gasteiger partial charge in [-0.15, -0.1) is 11.3 Å². The fourth-order valence-corrected chi connectivity index (χ4v) is 2.92. The van der Waals surface area contributed by atoms with Crippen LogP contribution in [0.2, 0.25) is 0 Å². The first kappa shape index (κ1) is 8.73. The quantitative estimate of drug-likeness (QED) is 0.710. The summed E-state index contributed by atoms with van der Waals surface area (Å²) in [7, 11) is 0. The fourth-order valence-electron chi connectivity index (χ4n) is 1.82. The molecule has 0 spiro atoms. The summed E-state index contributed by atoms with van der Waals surface area (Å²) in [5.41, 5.74) is 0.991. The Bertz CT molecular complexity index is 532. The Hall–Kier alpha value is -1.55. The van der Waals surface area contributed by atoms with Crippen LogP contribution in [0.5, 0.6) is 0 Å². The zero-order valence-electron chi connectivity index (χ0n) is 8.04. The lowest BCUT2D eigenvalue weighted by molar-refractivity contribution is 0.0962. The predicted molar refractivity (Wildman–Crippen MR) is 62.6 cm³/mol. The topological polar surface area (TPSA) is 41.1 Å². The molecular weight excluding hydrogens is 208 g/mol. The van der Waals surface area contributed by atoms with Crippen LogP contribution in [-0.2, 0) is 0 Å². The van der Waals surface area contributed by atoms with Gasteiger partial charge in [0.15, 0.2) is 0 Å². The van der Waals surface area contributed by atoms with Crippen LogP contribution in [0.25, 0.3) is 10.1 Å². The molecular formula is C11H10N2OS. The molecule has 15 heavy (non-hydrogen) atoms. The maximum Gasteiger partial charge on any atom is 0.263 e. The number of hydrogen-bond acceptors (Lipinski definition) is 3. The van der Waals surface area contributed by atoms with Crippen molar-refractivity contribution in [1.29, 1.82) is 0 Å². The lowest BCUT2D eigenvalue weighted by Crippen LogP contribution is -2.24. The summed E-state index contributed by atoms with van der Waals surface area (Å²) in [6.45, 7) is 1.48. The molecule has 0 bridgehead atoms. The van der Waals surface area contributed by atoms with E-state index < -0.39 is 0 Å². The van der Waals surface area contributed by atoms with Crippen LogP contribution in [-0.4, -0.2) is 19.0 Å². The van der Waals surface area contributed by atoms with Gasteiger partial charge < -0.3 is 10.6 Å². The second-order valence-corrected chi connectivity index (χ2v) is 4.54. The van der Waals surface area contributed by atoms with E-state index in [9.17, 15) is 4.79 Å². The first-order valence-electron chi connectivity index (χ1n) is 4.90.